The summed E-state index contributed by atoms with van der Waals surface area (Å²) in [6, 6.07) is 1.82. The summed E-state index contributed by atoms with van der Waals surface area (Å²) in [5.41, 5.74) is 1.01. The van der Waals surface area contributed by atoms with Crippen LogP contribution >= 0.6 is 11.5 Å². The van der Waals surface area contributed by atoms with E-state index in [4.69, 9.17) is 5.11 Å². The number of carboxylic acids is 1. The van der Waals surface area contributed by atoms with Crippen molar-refractivity contribution in [1.29, 1.82) is 0 Å². The van der Waals surface area contributed by atoms with Crippen LogP contribution in [0.25, 0.3) is 0 Å². The third-order valence-corrected chi connectivity index (χ3v) is 3.43. The largest absolute Gasteiger partial charge is 0.480 e. The van der Waals surface area contributed by atoms with Gasteiger partial charge in [0.15, 0.2) is 0 Å². The first kappa shape index (κ1) is 9.61. The average Bonchev–Trinajstić information content (AvgIpc) is 2.70. The third kappa shape index (κ3) is 1.78. The Hall–Kier alpha value is -0.940. The monoisotopic (exact) mass is 212 g/mol. The van der Waals surface area contributed by atoms with Crippen LogP contribution in [0.5, 0.6) is 0 Å². The second-order valence-electron chi connectivity index (χ2n) is 3.56. The van der Waals surface area contributed by atoms with Gasteiger partial charge in [-0.05, 0) is 37.4 Å². The van der Waals surface area contributed by atoms with Crippen molar-refractivity contribution in [1.82, 2.24) is 9.69 Å². The summed E-state index contributed by atoms with van der Waals surface area (Å²) >= 11 is 1.46. The molecule has 2 N–H and O–H groups in total. The molecule has 0 radical (unpaired) electrons. The fraction of sp³-hybridized carbons (Fsp3) is 0.556. The van der Waals surface area contributed by atoms with E-state index in [2.05, 4.69) is 9.69 Å². The number of rotatable bonds is 2. The number of aryl methyl sites for hydroxylation is 1. The van der Waals surface area contributed by atoms with E-state index in [0.29, 0.717) is 6.42 Å². The van der Waals surface area contributed by atoms with Crippen LogP contribution in [-0.4, -0.2) is 21.5 Å². The molecule has 0 aliphatic carbocycles. The maximum atomic E-state index is 10.7. The number of nitrogens with one attached hydrogen (secondary N) is 1. The molecule has 1 aliphatic rings. The van der Waals surface area contributed by atoms with Gasteiger partial charge in [-0.25, -0.2) is 0 Å². The van der Waals surface area contributed by atoms with Gasteiger partial charge >= 0.3 is 5.97 Å². The van der Waals surface area contributed by atoms with Crippen LogP contribution in [0, 0.1) is 6.92 Å². The van der Waals surface area contributed by atoms with Crippen molar-refractivity contribution in [3.05, 3.63) is 16.6 Å². The van der Waals surface area contributed by atoms with Gasteiger partial charge in [-0.1, -0.05) is 0 Å². The van der Waals surface area contributed by atoms with E-state index in [9.17, 15) is 4.79 Å². The summed E-state index contributed by atoms with van der Waals surface area (Å²) in [6.45, 7) is 1.95. The number of carboxylic acid groups (broad SMARTS) is 1. The van der Waals surface area contributed by atoms with Gasteiger partial charge in [0.05, 0.1) is 5.69 Å². The minimum Gasteiger partial charge on any atom is -0.480 e. The minimum atomic E-state index is -0.756. The summed E-state index contributed by atoms with van der Waals surface area (Å²) in [5.74, 6) is -0.756. The van der Waals surface area contributed by atoms with Gasteiger partial charge < -0.3 is 5.11 Å². The number of hydrogen-bond acceptors (Lipinski definition) is 4. The Morgan fingerprint density at radius 3 is 3.00 bits per heavy atom. The smallest absolute Gasteiger partial charge is 0.320 e. The van der Waals surface area contributed by atoms with Gasteiger partial charge in [-0.2, -0.15) is 4.37 Å². The van der Waals surface area contributed by atoms with Crippen molar-refractivity contribution in [3.8, 4) is 0 Å². The summed E-state index contributed by atoms with van der Waals surface area (Å²) in [7, 11) is 0. The molecule has 1 aliphatic heterocycles. The fourth-order valence-electron chi connectivity index (χ4n) is 1.71. The fourth-order valence-corrected chi connectivity index (χ4v) is 2.55. The molecule has 2 unspecified atom stereocenters. The summed E-state index contributed by atoms with van der Waals surface area (Å²) < 4.78 is 4.19. The zero-order valence-corrected chi connectivity index (χ0v) is 8.67. The van der Waals surface area contributed by atoms with E-state index >= 15 is 0 Å². The number of carbonyl (C=O) groups is 1. The molecular formula is C9H12N2O2S. The van der Waals surface area contributed by atoms with Gasteiger partial charge in [-0.3, -0.25) is 10.1 Å². The zero-order chi connectivity index (χ0) is 10.1. The molecule has 4 nitrogen and oxygen atoms in total. The van der Waals surface area contributed by atoms with E-state index < -0.39 is 5.97 Å². The number of aromatic nitrogens is 1. The maximum absolute atomic E-state index is 10.7. The Balaban J connectivity index is 2.05. The zero-order valence-electron chi connectivity index (χ0n) is 7.86. The number of aliphatic carboxylic acids is 1. The first-order chi connectivity index (χ1) is 6.66. The minimum absolute atomic E-state index is 0.183. The van der Waals surface area contributed by atoms with Crippen LogP contribution in [0.15, 0.2) is 6.07 Å². The second-order valence-corrected chi connectivity index (χ2v) is 4.39. The van der Waals surface area contributed by atoms with Crippen molar-refractivity contribution in [2.24, 2.45) is 0 Å². The van der Waals surface area contributed by atoms with E-state index in [0.717, 1.165) is 17.0 Å². The Kier molecular flexibility index (Phi) is 2.52. The van der Waals surface area contributed by atoms with Crippen molar-refractivity contribution in [2.45, 2.75) is 31.8 Å². The molecule has 1 aromatic heterocycles. The lowest BCUT2D eigenvalue weighted by molar-refractivity contribution is -0.139. The lowest BCUT2D eigenvalue weighted by Crippen LogP contribution is -2.31. The van der Waals surface area contributed by atoms with Crippen LogP contribution in [0.3, 0.4) is 0 Å². The SMILES string of the molecule is Cc1cc(C2CCC(C(=O)O)N2)sn1. The number of hydrogen-bond donors (Lipinski definition) is 2. The van der Waals surface area contributed by atoms with Crippen molar-refractivity contribution >= 4 is 17.5 Å². The predicted molar refractivity (Wildman–Crippen MR) is 53.4 cm³/mol. The van der Waals surface area contributed by atoms with Crippen LogP contribution in [0.1, 0.15) is 29.5 Å². The Morgan fingerprint density at radius 2 is 2.50 bits per heavy atom. The Bertz CT molecular complexity index is 350. The molecule has 0 saturated carbocycles. The van der Waals surface area contributed by atoms with Gasteiger partial charge in [0.25, 0.3) is 0 Å². The molecule has 5 heteroatoms. The highest BCUT2D eigenvalue weighted by molar-refractivity contribution is 7.05. The van der Waals surface area contributed by atoms with Crippen LogP contribution in [0.2, 0.25) is 0 Å². The van der Waals surface area contributed by atoms with Crippen LogP contribution in [-0.2, 0) is 4.79 Å². The van der Waals surface area contributed by atoms with Crippen LogP contribution < -0.4 is 5.32 Å². The van der Waals surface area contributed by atoms with E-state index in [1.54, 1.807) is 0 Å². The van der Waals surface area contributed by atoms with E-state index in [1.807, 2.05) is 13.0 Å². The maximum Gasteiger partial charge on any atom is 0.320 e. The quantitative estimate of drug-likeness (QED) is 0.776. The number of nitrogens with zero attached hydrogens (tertiary/aromatic N) is 1. The lowest BCUT2D eigenvalue weighted by Gasteiger charge is -2.08. The summed E-state index contributed by atoms with van der Waals surface area (Å²) in [5, 5.41) is 11.9. The van der Waals surface area contributed by atoms with E-state index in [1.165, 1.54) is 11.5 Å². The second kappa shape index (κ2) is 3.67. The summed E-state index contributed by atoms with van der Waals surface area (Å²) in [6.07, 6.45) is 1.59. The predicted octanol–water partition coefficient (Wildman–Crippen LogP) is 1.33. The Morgan fingerprint density at radius 1 is 1.71 bits per heavy atom. The van der Waals surface area contributed by atoms with Crippen molar-refractivity contribution in [2.75, 3.05) is 0 Å². The first-order valence-electron chi connectivity index (χ1n) is 4.59. The Labute approximate surface area is 86.1 Å². The van der Waals surface area contributed by atoms with Crippen molar-refractivity contribution < 1.29 is 9.90 Å². The van der Waals surface area contributed by atoms with Gasteiger partial charge in [0, 0.05) is 10.9 Å². The standard InChI is InChI=1S/C9H12N2O2S/c1-5-4-8(14-11-5)6-2-3-7(10-6)9(12)13/h4,6-7,10H,2-3H2,1H3,(H,12,13). The van der Waals surface area contributed by atoms with Gasteiger partial charge in [-0.15, -0.1) is 0 Å². The van der Waals surface area contributed by atoms with Crippen LogP contribution in [0.4, 0.5) is 0 Å². The highest BCUT2D eigenvalue weighted by Crippen LogP contribution is 2.29. The molecule has 14 heavy (non-hydrogen) atoms. The summed E-state index contributed by atoms with van der Waals surface area (Å²) in [4.78, 5) is 11.9. The highest BCUT2D eigenvalue weighted by Gasteiger charge is 2.30. The molecule has 76 valence electrons. The molecule has 2 heterocycles. The normalized spacial score (nSPS) is 26.6. The molecular weight excluding hydrogens is 200 g/mol. The molecule has 0 aromatic carbocycles. The molecule has 0 amide bonds. The van der Waals surface area contributed by atoms with E-state index in [-0.39, 0.29) is 12.1 Å². The third-order valence-electron chi connectivity index (χ3n) is 2.43. The highest BCUT2D eigenvalue weighted by atomic mass is 32.1. The lowest BCUT2D eigenvalue weighted by atomic mass is 10.1. The van der Waals surface area contributed by atoms with Gasteiger partial charge in [0.2, 0.25) is 0 Å². The molecule has 1 saturated heterocycles. The van der Waals surface area contributed by atoms with Gasteiger partial charge in [0.1, 0.15) is 6.04 Å². The topological polar surface area (TPSA) is 62.2 Å². The van der Waals surface area contributed by atoms with Crippen molar-refractivity contribution in [3.63, 3.8) is 0 Å². The molecule has 1 aromatic rings. The molecule has 2 atom stereocenters. The molecule has 1 fully saturated rings. The first-order valence-corrected chi connectivity index (χ1v) is 5.36. The molecule has 0 spiro atoms. The molecule has 2 rings (SSSR count). The average molecular weight is 212 g/mol. The molecule has 0 bridgehead atoms.